The van der Waals surface area contributed by atoms with Gasteiger partial charge in [0.1, 0.15) is 0 Å². The summed E-state index contributed by atoms with van der Waals surface area (Å²) in [6.45, 7) is 5.73. The minimum absolute atomic E-state index is 0.0530. The Labute approximate surface area is 121 Å². The van der Waals surface area contributed by atoms with E-state index in [4.69, 9.17) is 10.5 Å². The van der Waals surface area contributed by atoms with E-state index in [1.165, 1.54) is 6.07 Å². The van der Waals surface area contributed by atoms with Crippen LogP contribution in [0.1, 0.15) is 32.8 Å². The first-order valence-electron chi connectivity index (χ1n) is 6.39. The Morgan fingerprint density at radius 3 is 2.43 bits per heavy atom. The van der Waals surface area contributed by atoms with Crippen LogP contribution in [0.15, 0.2) is 18.2 Å². The Balaban J connectivity index is 2.65. The number of rotatable bonds is 4. The van der Waals surface area contributed by atoms with Crippen LogP contribution in [0.25, 0.3) is 0 Å². The topological polar surface area (TPSA) is 64.3 Å². The molecule has 7 heteroatoms. The monoisotopic (exact) mass is 304 g/mol. The highest BCUT2D eigenvalue weighted by molar-refractivity contribution is 5.91. The SMILES string of the molecule is CC(C)(C)OCCC(=O)Nc1ccc(N)c(C(F)(F)F)c1. The molecule has 0 saturated carbocycles. The highest BCUT2D eigenvalue weighted by Crippen LogP contribution is 2.35. The molecule has 0 aliphatic heterocycles. The van der Waals surface area contributed by atoms with E-state index in [0.29, 0.717) is 0 Å². The van der Waals surface area contributed by atoms with Crippen LogP contribution in [0.3, 0.4) is 0 Å². The molecule has 0 aliphatic rings. The van der Waals surface area contributed by atoms with Gasteiger partial charge in [0.2, 0.25) is 5.91 Å². The molecule has 4 nitrogen and oxygen atoms in total. The molecular weight excluding hydrogens is 285 g/mol. The Morgan fingerprint density at radius 2 is 1.90 bits per heavy atom. The molecule has 0 aromatic heterocycles. The lowest BCUT2D eigenvalue weighted by molar-refractivity contribution is -0.137. The summed E-state index contributed by atoms with van der Waals surface area (Å²) in [5, 5.41) is 2.39. The molecule has 0 atom stereocenters. The Morgan fingerprint density at radius 1 is 1.29 bits per heavy atom. The quantitative estimate of drug-likeness (QED) is 0.838. The van der Waals surface area contributed by atoms with Crippen molar-refractivity contribution in [2.75, 3.05) is 17.7 Å². The first-order valence-corrected chi connectivity index (χ1v) is 6.39. The number of nitrogens with one attached hydrogen (secondary N) is 1. The average molecular weight is 304 g/mol. The number of nitrogens with two attached hydrogens (primary N) is 1. The summed E-state index contributed by atoms with van der Waals surface area (Å²) in [5.41, 5.74) is 3.62. The summed E-state index contributed by atoms with van der Waals surface area (Å²) in [4.78, 5) is 11.6. The zero-order chi connectivity index (χ0) is 16.3. The Hall–Kier alpha value is -1.76. The fourth-order valence-corrected chi connectivity index (χ4v) is 1.55. The van der Waals surface area contributed by atoms with E-state index in [0.717, 1.165) is 12.1 Å². The number of ether oxygens (including phenoxy) is 1. The summed E-state index contributed by atoms with van der Waals surface area (Å²) in [6.07, 6.45) is -4.50. The molecule has 1 aromatic carbocycles. The first kappa shape index (κ1) is 17.3. The molecule has 0 aliphatic carbocycles. The molecule has 21 heavy (non-hydrogen) atoms. The third-order valence-corrected chi connectivity index (χ3v) is 2.51. The zero-order valence-corrected chi connectivity index (χ0v) is 12.2. The van der Waals surface area contributed by atoms with Gasteiger partial charge in [0.25, 0.3) is 0 Å². The van der Waals surface area contributed by atoms with E-state index in [-0.39, 0.29) is 30.0 Å². The first-order chi connectivity index (χ1) is 9.49. The number of amides is 1. The number of anilines is 2. The van der Waals surface area contributed by atoms with Crippen molar-refractivity contribution in [2.24, 2.45) is 0 Å². The minimum atomic E-state index is -4.56. The predicted molar refractivity (Wildman–Crippen MR) is 74.8 cm³/mol. The zero-order valence-electron chi connectivity index (χ0n) is 12.2. The van der Waals surface area contributed by atoms with E-state index >= 15 is 0 Å². The fourth-order valence-electron chi connectivity index (χ4n) is 1.55. The number of nitrogen functional groups attached to an aromatic ring is 1. The Bertz CT molecular complexity index is 508. The predicted octanol–water partition coefficient (Wildman–Crippen LogP) is 3.43. The Kier molecular flexibility index (Phi) is 5.22. The number of alkyl halides is 3. The smallest absolute Gasteiger partial charge is 0.398 e. The summed E-state index contributed by atoms with van der Waals surface area (Å²) >= 11 is 0. The van der Waals surface area contributed by atoms with Gasteiger partial charge in [-0.1, -0.05) is 0 Å². The number of benzene rings is 1. The second-order valence-electron chi connectivity index (χ2n) is 5.56. The van der Waals surface area contributed by atoms with Crippen molar-refractivity contribution in [3.05, 3.63) is 23.8 Å². The van der Waals surface area contributed by atoms with Crippen LogP contribution in [-0.4, -0.2) is 18.1 Å². The van der Waals surface area contributed by atoms with Gasteiger partial charge < -0.3 is 15.8 Å². The van der Waals surface area contributed by atoms with Gasteiger partial charge >= 0.3 is 6.18 Å². The van der Waals surface area contributed by atoms with Crippen LogP contribution in [0.4, 0.5) is 24.5 Å². The molecule has 0 saturated heterocycles. The van der Waals surface area contributed by atoms with Crippen molar-refractivity contribution in [3.8, 4) is 0 Å². The number of halogens is 3. The lowest BCUT2D eigenvalue weighted by Gasteiger charge is -2.19. The van der Waals surface area contributed by atoms with Gasteiger partial charge in [0, 0.05) is 11.4 Å². The molecule has 0 bridgehead atoms. The van der Waals surface area contributed by atoms with Gasteiger partial charge in [0.15, 0.2) is 0 Å². The molecule has 0 unspecified atom stereocenters. The van der Waals surface area contributed by atoms with Crippen molar-refractivity contribution in [1.82, 2.24) is 0 Å². The van der Waals surface area contributed by atoms with Gasteiger partial charge in [-0.15, -0.1) is 0 Å². The molecule has 0 fully saturated rings. The summed E-state index contributed by atoms with van der Waals surface area (Å²) in [5.74, 6) is -0.419. The second kappa shape index (κ2) is 6.34. The molecule has 0 heterocycles. The van der Waals surface area contributed by atoms with Crippen molar-refractivity contribution in [2.45, 2.75) is 39.0 Å². The number of hydrogen-bond donors (Lipinski definition) is 2. The van der Waals surface area contributed by atoms with Gasteiger partial charge in [-0.05, 0) is 39.0 Å². The average Bonchev–Trinajstić information content (AvgIpc) is 2.28. The molecule has 0 spiro atoms. The molecular formula is C14H19F3N2O2. The minimum Gasteiger partial charge on any atom is -0.398 e. The molecule has 1 rings (SSSR count). The van der Waals surface area contributed by atoms with E-state index in [1.807, 2.05) is 20.8 Å². The van der Waals surface area contributed by atoms with Crippen molar-refractivity contribution in [1.29, 1.82) is 0 Å². The maximum atomic E-state index is 12.7. The maximum absolute atomic E-state index is 12.7. The summed E-state index contributed by atoms with van der Waals surface area (Å²) in [7, 11) is 0. The third kappa shape index (κ3) is 6.03. The number of hydrogen-bond acceptors (Lipinski definition) is 3. The van der Waals surface area contributed by atoms with Crippen LogP contribution in [-0.2, 0) is 15.7 Å². The third-order valence-electron chi connectivity index (χ3n) is 2.51. The van der Waals surface area contributed by atoms with Gasteiger partial charge in [0.05, 0.1) is 24.2 Å². The normalized spacial score (nSPS) is 12.3. The highest BCUT2D eigenvalue weighted by Gasteiger charge is 2.33. The molecule has 0 radical (unpaired) electrons. The van der Waals surface area contributed by atoms with Crippen LogP contribution in [0, 0.1) is 0 Å². The lowest BCUT2D eigenvalue weighted by atomic mass is 10.1. The maximum Gasteiger partial charge on any atom is 0.418 e. The van der Waals surface area contributed by atoms with Crippen molar-refractivity contribution < 1.29 is 22.7 Å². The molecule has 1 amide bonds. The van der Waals surface area contributed by atoms with E-state index in [2.05, 4.69) is 5.32 Å². The van der Waals surface area contributed by atoms with Gasteiger partial charge in [-0.25, -0.2) is 0 Å². The number of carbonyl (C=O) groups is 1. The summed E-state index contributed by atoms with van der Waals surface area (Å²) in [6, 6.07) is 3.26. The van der Waals surface area contributed by atoms with Crippen LogP contribution >= 0.6 is 0 Å². The van der Waals surface area contributed by atoms with Crippen LogP contribution in [0.5, 0.6) is 0 Å². The second-order valence-corrected chi connectivity index (χ2v) is 5.56. The standard InChI is InChI=1S/C14H19F3N2O2/c1-13(2,3)21-7-6-12(20)19-9-4-5-11(18)10(8-9)14(15,16)17/h4-5,8H,6-7,18H2,1-3H3,(H,19,20). The van der Waals surface area contributed by atoms with Crippen molar-refractivity contribution in [3.63, 3.8) is 0 Å². The van der Waals surface area contributed by atoms with Crippen LogP contribution < -0.4 is 11.1 Å². The number of carbonyl (C=O) groups excluding carboxylic acids is 1. The molecule has 1 aromatic rings. The van der Waals surface area contributed by atoms with E-state index < -0.39 is 17.6 Å². The van der Waals surface area contributed by atoms with E-state index in [1.54, 1.807) is 0 Å². The molecule has 3 N–H and O–H groups in total. The lowest BCUT2D eigenvalue weighted by Crippen LogP contribution is -2.23. The largest absolute Gasteiger partial charge is 0.418 e. The van der Waals surface area contributed by atoms with E-state index in [9.17, 15) is 18.0 Å². The van der Waals surface area contributed by atoms with Crippen molar-refractivity contribution >= 4 is 17.3 Å². The summed E-state index contributed by atoms with van der Waals surface area (Å²) < 4.78 is 43.4. The van der Waals surface area contributed by atoms with Gasteiger partial charge in [-0.2, -0.15) is 13.2 Å². The highest BCUT2D eigenvalue weighted by atomic mass is 19.4. The van der Waals surface area contributed by atoms with Crippen LogP contribution in [0.2, 0.25) is 0 Å². The fraction of sp³-hybridized carbons (Fsp3) is 0.500. The molecule has 118 valence electrons. The van der Waals surface area contributed by atoms with Gasteiger partial charge in [-0.3, -0.25) is 4.79 Å².